The SMILES string of the molecule is CCCCCN(C(=O)NC1CCCCC1O)C(C)C. The first kappa shape index (κ1) is 16.3. The first-order chi connectivity index (χ1) is 9.06. The molecule has 0 radical (unpaired) electrons. The number of urea groups is 1. The molecule has 4 nitrogen and oxygen atoms in total. The van der Waals surface area contributed by atoms with E-state index in [2.05, 4.69) is 12.2 Å². The summed E-state index contributed by atoms with van der Waals surface area (Å²) in [4.78, 5) is 14.2. The molecule has 2 amide bonds. The van der Waals surface area contributed by atoms with Crippen LogP contribution in [-0.2, 0) is 0 Å². The number of aliphatic hydroxyl groups excluding tert-OH is 1. The molecule has 2 N–H and O–H groups in total. The summed E-state index contributed by atoms with van der Waals surface area (Å²) in [6.07, 6.45) is 6.86. The molecule has 1 saturated carbocycles. The highest BCUT2D eigenvalue weighted by molar-refractivity contribution is 5.74. The number of nitrogens with zero attached hydrogens (tertiary/aromatic N) is 1. The van der Waals surface area contributed by atoms with Crippen LogP contribution in [0.3, 0.4) is 0 Å². The third kappa shape index (κ3) is 5.39. The molecule has 2 unspecified atom stereocenters. The summed E-state index contributed by atoms with van der Waals surface area (Å²) in [6.45, 7) is 7.06. The molecule has 0 aromatic heterocycles. The standard InChI is InChI=1S/C15H30N2O2/c1-4-5-8-11-17(12(2)3)15(19)16-13-9-6-7-10-14(13)18/h12-14,18H,4-11H2,1-3H3,(H,16,19). The van der Waals surface area contributed by atoms with Crippen molar-refractivity contribution in [3.8, 4) is 0 Å². The summed E-state index contributed by atoms with van der Waals surface area (Å²) in [5, 5.41) is 12.9. The third-order valence-electron chi connectivity index (χ3n) is 3.93. The van der Waals surface area contributed by atoms with E-state index in [4.69, 9.17) is 0 Å². The number of rotatable bonds is 6. The Bertz CT molecular complexity index is 269. The van der Waals surface area contributed by atoms with Crippen LogP contribution in [0.1, 0.15) is 65.7 Å². The smallest absolute Gasteiger partial charge is 0.317 e. The normalized spacial score (nSPS) is 23.4. The van der Waals surface area contributed by atoms with Gasteiger partial charge in [0.15, 0.2) is 0 Å². The molecule has 0 saturated heterocycles. The summed E-state index contributed by atoms with van der Waals surface area (Å²) in [6, 6.07) is 0.128. The van der Waals surface area contributed by atoms with Crippen LogP contribution in [0, 0.1) is 0 Å². The Morgan fingerprint density at radius 1 is 1.32 bits per heavy atom. The van der Waals surface area contributed by atoms with E-state index in [9.17, 15) is 9.90 Å². The van der Waals surface area contributed by atoms with Crippen molar-refractivity contribution in [1.29, 1.82) is 0 Å². The Hall–Kier alpha value is -0.770. The van der Waals surface area contributed by atoms with E-state index in [1.165, 1.54) is 0 Å². The van der Waals surface area contributed by atoms with Gasteiger partial charge >= 0.3 is 6.03 Å². The zero-order valence-electron chi connectivity index (χ0n) is 12.7. The van der Waals surface area contributed by atoms with Gasteiger partial charge in [0.25, 0.3) is 0 Å². The Kier molecular flexibility index (Phi) is 7.21. The summed E-state index contributed by atoms with van der Waals surface area (Å²) in [5.41, 5.74) is 0. The van der Waals surface area contributed by atoms with Crippen LogP contribution >= 0.6 is 0 Å². The van der Waals surface area contributed by atoms with Crippen molar-refractivity contribution in [2.24, 2.45) is 0 Å². The predicted molar refractivity (Wildman–Crippen MR) is 78.2 cm³/mol. The number of carbonyl (C=O) groups excluding carboxylic acids is 1. The van der Waals surface area contributed by atoms with Crippen LogP contribution in [0.2, 0.25) is 0 Å². The van der Waals surface area contributed by atoms with Crippen molar-refractivity contribution in [1.82, 2.24) is 10.2 Å². The number of nitrogens with one attached hydrogen (secondary N) is 1. The van der Waals surface area contributed by atoms with Crippen molar-refractivity contribution < 1.29 is 9.90 Å². The lowest BCUT2D eigenvalue weighted by Gasteiger charge is -2.33. The molecular formula is C15H30N2O2. The van der Waals surface area contributed by atoms with Gasteiger partial charge in [-0.25, -0.2) is 4.79 Å². The predicted octanol–water partition coefficient (Wildman–Crippen LogP) is 2.90. The molecule has 0 heterocycles. The van der Waals surface area contributed by atoms with Gasteiger partial charge in [-0.05, 0) is 33.1 Å². The zero-order valence-corrected chi connectivity index (χ0v) is 12.7. The number of hydrogen-bond donors (Lipinski definition) is 2. The van der Waals surface area contributed by atoms with Crippen molar-refractivity contribution in [3.63, 3.8) is 0 Å². The minimum absolute atomic E-state index is 0.0166. The second kappa shape index (κ2) is 8.41. The highest BCUT2D eigenvalue weighted by Crippen LogP contribution is 2.18. The number of aliphatic hydroxyl groups is 1. The Balaban J connectivity index is 2.46. The quantitative estimate of drug-likeness (QED) is 0.729. The molecule has 0 aromatic carbocycles. The van der Waals surface area contributed by atoms with Crippen LogP contribution in [0.15, 0.2) is 0 Å². The van der Waals surface area contributed by atoms with Gasteiger partial charge in [-0.1, -0.05) is 32.6 Å². The number of hydrogen-bond acceptors (Lipinski definition) is 2. The van der Waals surface area contributed by atoms with Crippen LogP contribution in [0.4, 0.5) is 4.79 Å². The van der Waals surface area contributed by atoms with E-state index in [0.29, 0.717) is 0 Å². The molecule has 0 aliphatic heterocycles. The van der Waals surface area contributed by atoms with Gasteiger partial charge in [-0.3, -0.25) is 0 Å². The maximum absolute atomic E-state index is 12.3. The highest BCUT2D eigenvalue weighted by atomic mass is 16.3. The summed E-state index contributed by atoms with van der Waals surface area (Å²) < 4.78 is 0. The van der Waals surface area contributed by atoms with Gasteiger partial charge in [0.1, 0.15) is 0 Å². The Morgan fingerprint density at radius 2 is 2.00 bits per heavy atom. The molecule has 4 heteroatoms. The van der Waals surface area contributed by atoms with Crippen LogP contribution in [0.5, 0.6) is 0 Å². The fourth-order valence-electron chi connectivity index (χ4n) is 2.65. The monoisotopic (exact) mass is 270 g/mol. The average Bonchev–Trinajstić information content (AvgIpc) is 2.37. The maximum Gasteiger partial charge on any atom is 0.317 e. The van der Waals surface area contributed by atoms with E-state index in [0.717, 1.165) is 51.5 Å². The van der Waals surface area contributed by atoms with Gasteiger partial charge in [0.2, 0.25) is 0 Å². The maximum atomic E-state index is 12.3. The molecule has 1 aliphatic carbocycles. The van der Waals surface area contributed by atoms with E-state index < -0.39 is 0 Å². The van der Waals surface area contributed by atoms with Gasteiger partial charge < -0.3 is 15.3 Å². The van der Waals surface area contributed by atoms with Gasteiger partial charge in [-0.2, -0.15) is 0 Å². The molecule has 0 spiro atoms. The Morgan fingerprint density at radius 3 is 2.58 bits per heavy atom. The fourth-order valence-corrected chi connectivity index (χ4v) is 2.65. The lowest BCUT2D eigenvalue weighted by atomic mass is 9.93. The minimum atomic E-state index is -0.373. The van der Waals surface area contributed by atoms with E-state index in [1.807, 2.05) is 18.7 Å². The zero-order chi connectivity index (χ0) is 14.3. The molecule has 1 fully saturated rings. The highest BCUT2D eigenvalue weighted by Gasteiger charge is 2.26. The second-order valence-corrected chi connectivity index (χ2v) is 5.90. The first-order valence-electron chi connectivity index (χ1n) is 7.81. The van der Waals surface area contributed by atoms with Crippen LogP contribution in [0.25, 0.3) is 0 Å². The largest absolute Gasteiger partial charge is 0.391 e. The van der Waals surface area contributed by atoms with E-state index in [1.54, 1.807) is 0 Å². The molecule has 1 rings (SSSR count). The number of amides is 2. The molecule has 0 aromatic rings. The molecule has 19 heavy (non-hydrogen) atoms. The molecule has 2 atom stereocenters. The topological polar surface area (TPSA) is 52.6 Å². The first-order valence-corrected chi connectivity index (χ1v) is 7.81. The number of unbranched alkanes of at least 4 members (excludes halogenated alkanes) is 2. The summed E-state index contributed by atoms with van der Waals surface area (Å²) in [7, 11) is 0. The molecule has 112 valence electrons. The Labute approximate surface area is 117 Å². The average molecular weight is 270 g/mol. The van der Waals surface area contributed by atoms with E-state index in [-0.39, 0.29) is 24.2 Å². The van der Waals surface area contributed by atoms with Crippen molar-refractivity contribution >= 4 is 6.03 Å². The van der Waals surface area contributed by atoms with E-state index >= 15 is 0 Å². The molecule has 0 bridgehead atoms. The number of carbonyl (C=O) groups is 1. The van der Waals surface area contributed by atoms with Gasteiger partial charge in [0, 0.05) is 12.6 Å². The second-order valence-electron chi connectivity index (χ2n) is 5.90. The third-order valence-corrected chi connectivity index (χ3v) is 3.93. The lowest BCUT2D eigenvalue weighted by Crippen LogP contribution is -2.52. The summed E-state index contributed by atoms with van der Waals surface area (Å²) >= 11 is 0. The summed E-state index contributed by atoms with van der Waals surface area (Å²) in [5.74, 6) is 0. The van der Waals surface area contributed by atoms with Gasteiger partial charge in [-0.15, -0.1) is 0 Å². The minimum Gasteiger partial charge on any atom is -0.391 e. The van der Waals surface area contributed by atoms with Gasteiger partial charge in [0.05, 0.1) is 12.1 Å². The van der Waals surface area contributed by atoms with Crippen molar-refractivity contribution in [2.45, 2.75) is 83.9 Å². The lowest BCUT2D eigenvalue weighted by molar-refractivity contribution is 0.0881. The molecule has 1 aliphatic rings. The van der Waals surface area contributed by atoms with Crippen molar-refractivity contribution in [3.05, 3.63) is 0 Å². The van der Waals surface area contributed by atoms with Crippen LogP contribution in [-0.4, -0.2) is 40.8 Å². The fraction of sp³-hybridized carbons (Fsp3) is 0.933. The molecular weight excluding hydrogens is 240 g/mol. The van der Waals surface area contributed by atoms with Crippen LogP contribution < -0.4 is 5.32 Å². The van der Waals surface area contributed by atoms with Crippen molar-refractivity contribution in [2.75, 3.05) is 6.54 Å².